The topological polar surface area (TPSA) is 50.8 Å². The van der Waals surface area contributed by atoms with Gasteiger partial charge >= 0.3 is 0 Å². The van der Waals surface area contributed by atoms with E-state index < -0.39 is 0 Å². The lowest BCUT2D eigenvalue weighted by atomic mass is 10.1. The Kier molecular flexibility index (Phi) is 6.74. The maximum atomic E-state index is 12.4. The molecule has 1 N–H and O–H groups in total. The number of ether oxygens (including phenoxy) is 2. The monoisotopic (exact) mass is 390 g/mol. The van der Waals surface area contributed by atoms with E-state index in [4.69, 9.17) is 9.47 Å². The minimum absolute atomic E-state index is 0.0809. The Balaban J connectivity index is 1.58. The summed E-state index contributed by atoms with van der Waals surface area (Å²) in [6, 6.07) is 23.7. The molecular formula is C24H26N2O3. The third-order valence-electron chi connectivity index (χ3n) is 4.67. The molecule has 3 aromatic rings. The molecule has 3 rings (SSSR count). The van der Waals surface area contributed by atoms with E-state index in [9.17, 15) is 4.79 Å². The summed E-state index contributed by atoms with van der Waals surface area (Å²) in [5.74, 6) is 1.18. The van der Waals surface area contributed by atoms with Crippen molar-refractivity contribution in [3.8, 4) is 11.5 Å². The predicted molar refractivity (Wildman–Crippen MR) is 117 cm³/mol. The summed E-state index contributed by atoms with van der Waals surface area (Å²) in [5.41, 5.74) is 3.97. The molecule has 3 aromatic carbocycles. The summed E-state index contributed by atoms with van der Waals surface area (Å²) in [6.07, 6.45) is 0.260. The number of nitrogens with zero attached hydrogens (tertiary/aromatic N) is 1. The molecule has 0 spiro atoms. The molecule has 0 heterocycles. The number of nitrogens with one attached hydrogen (secondary N) is 1. The first-order valence-electron chi connectivity index (χ1n) is 9.45. The van der Waals surface area contributed by atoms with Crippen molar-refractivity contribution in [2.24, 2.45) is 0 Å². The van der Waals surface area contributed by atoms with Gasteiger partial charge in [0.05, 0.1) is 20.6 Å². The molecule has 0 saturated heterocycles. The van der Waals surface area contributed by atoms with Crippen LogP contribution in [0.15, 0.2) is 72.8 Å². The minimum Gasteiger partial charge on any atom is -0.493 e. The van der Waals surface area contributed by atoms with Crippen LogP contribution in [0.4, 0.5) is 11.4 Å². The van der Waals surface area contributed by atoms with E-state index >= 15 is 0 Å². The molecule has 1 amide bonds. The molecule has 0 fully saturated rings. The summed E-state index contributed by atoms with van der Waals surface area (Å²) in [6.45, 7) is 0.825. The maximum Gasteiger partial charge on any atom is 0.228 e. The van der Waals surface area contributed by atoms with Crippen molar-refractivity contribution < 1.29 is 14.3 Å². The second-order valence-electron chi connectivity index (χ2n) is 6.80. The molecule has 5 heteroatoms. The van der Waals surface area contributed by atoms with Crippen LogP contribution >= 0.6 is 0 Å². The number of amides is 1. The zero-order valence-electron chi connectivity index (χ0n) is 17.0. The number of hydrogen-bond donors (Lipinski definition) is 1. The number of methoxy groups -OCH3 is 2. The molecule has 0 aliphatic carbocycles. The van der Waals surface area contributed by atoms with E-state index in [0.29, 0.717) is 11.5 Å². The lowest BCUT2D eigenvalue weighted by Gasteiger charge is -2.20. The molecule has 0 aromatic heterocycles. The van der Waals surface area contributed by atoms with Crippen LogP contribution in [0, 0.1) is 0 Å². The number of carbonyl (C=O) groups excluding carboxylic acids is 1. The lowest BCUT2D eigenvalue weighted by molar-refractivity contribution is -0.115. The van der Waals surface area contributed by atoms with Crippen molar-refractivity contribution in [2.75, 3.05) is 31.5 Å². The highest BCUT2D eigenvalue weighted by Gasteiger charge is 2.09. The summed E-state index contributed by atoms with van der Waals surface area (Å²) in [7, 11) is 5.22. The number of benzene rings is 3. The van der Waals surface area contributed by atoms with Crippen LogP contribution in [0.1, 0.15) is 11.1 Å². The summed E-state index contributed by atoms with van der Waals surface area (Å²) in [4.78, 5) is 14.6. The van der Waals surface area contributed by atoms with Crippen molar-refractivity contribution >= 4 is 17.3 Å². The fraction of sp³-hybridized carbons (Fsp3) is 0.208. The standard InChI is InChI=1S/C24H26N2O3/c1-26(17-18-7-5-4-6-8-18)21-12-10-20(11-13-21)25-24(27)16-19-9-14-22(28-2)23(15-19)29-3/h4-15H,16-17H2,1-3H3,(H,25,27). The maximum absolute atomic E-state index is 12.4. The highest BCUT2D eigenvalue weighted by atomic mass is 16.5. The smallest absolute Gasteiger partial charge is 0.228 e. The zero-order valence-corrected chi connectivity index (χ0v) is 17.0. The Morgan fingerprint density at radius 2 is 1.55 bits per heavy atom. The van der Waals surface area contributed by atoms with Crippen molar-refractivity contribution in [2.45, 2.75) is 13.0 Å². The van der Waals surface area contributed by atoms with E-state index in [0.717, 1.165) is 23.5 Å². The fourth-order valence-corrected chi connectivity index (χ4v) is 3.13. The van der Waals surface area contributed by atoms with Gasteiger partial charge in [-0.3, -0.25) is 4.79 Å². The number of hydrogen-bond acceptors (Lipinski definition) is 4. The Morgan fingerprint density at radius 1 is 0.862 bits per heavy atom. The molecule has 0 bridgehead atoms. The van der Waals surface area contributed by atoms with Gasteiger partial charge in [-0.1, -0.05) is 36.4 Å². The number of anilines is 2. The average Bonchev–Trinajstić information content (AvgIpc) is 2.74. The van der Waals surface area contributed by atoms with Crippen molar-refractivity contribution in [1.29, 1.82) is 0 Å². The van der Waals surface area contributed by atoms with Crippen LogP contribution in [-0.2, 0) is 17.8 Å². The van der Waals surface area contributed by atoms with Gasteiger partial charge in [0.15, 0.2) is 11.5 Å². The van der Waals surface area contributed by atoms with Crippen LogP contribution in [0.25, 0.3) is 0 Å². The Hall–Kier alpha value is -3.47. The largest absolute Gasteiger partial charge is 0.493 e. The van der Waals surface area contributed by atoms with Gasteiger partial charge in [0, 0.05) is 25.0 Å². The van der Waals surface area contributed by atoms with Crippen LogP contribution in [0.5, 0.6) is 11.5 Å². The SMILES string of the molecule is COc1ccc(CC(=O)Nc2ccc(N(C)Cc3ccccc3)cc2)cc1OC. The molecule has 29 heavy (non-hydrogen) atoms. The van der Waals surface area contributed by atoms with Crippen LogP contribution < -0.4 is 19.7 Å². The average molecular weight is 390 g/mol. The first-order valence-corrected chi connectivity index (χ1v) is 9.45. The molecule has 0 aliphatic rings. The highest BCUT2D eigenvalue weighted by molar-refractivity contribution is 5.92. The van der Waals surface area contributed by atoms with Crippen molar-refractivity contribution in [3.05, 3.63) is 83.9 Å². The van der Waals surface area contributed by atoms with Crippen molar-refractivity contribution in [1.82, 2.24) is 0 Å². The van der Waals surface area contributed by atoms with Crippen molar-refractivity contribution in [3.63, 3.8) is 0 Å². The van der Waals surface area contributed by atoms with E-state index in [1.807, 2.05) is 54.6 Å². The fourth-order valence-electron chi connectivity index (χ4n) is 3.13. The lowest BCUT2D eigenvalue weighted by Crippen LogP contribution is -2.17. The second-order valence-corrected chi connectivity index (χ2v) is 6.80. The van der Waals surface area contributed by atoms with E-state index in [1.165, 1.54) is 5.56 Å². The molecular weight excluding hydrogens is 364 g/mol. The molecule has 0 aliphatic heterocycles. The molecule has 150 valence electrons. The highest BCUT2D eigenvalue weighted by Crippen LogP contribution is 2.28. The zero-order chi connectivity index (χ0) is 20.6. The molecule has 0 atom stereocenters. The van der Waals surface area contributed by atoms with Gasteiger partial charge < -0.3 is 19.7 Å². The summed E-state index contributed by atoms with van der Waals surface area (Å²) in [5, 5.41) is 2.94. The van der Waals surface area contributed by atoms with Gasteiger partial charge in [0.25, 0.3) is 0 Å². The van der Waals surface area contributed by atoms with Gasteiger partial charge in [-0.15, -0.1) is 0 Å². The third-order valence-corrected chi connectivity index (χ3v) is 4.67. The van der Waals surface area contributed by atoms with Crippen LogP contribution in [0.2, 0.25) is 0 Å². The molecule has 0 saturated carbocycles. The van der Waals surface area contributed by atoms with Crippen LogP contribution in [0.3, 0.4) is 0 Å². The first kappa shape index (κ1) is 20.3. The summed E-state index contributed by atoms with van der Waals surface area (Å²) >= 11 is 0. The van der Waals surface area contributed by atoms with Gasteiger partial charge in [0.1, 0.15) is 0 Å². The molecule has 5 nitrogen and oxygen atoms in total. The number of carbonyl (C=O) groups is 1. The normalized spacial score (nSPS) is 10.3. The summed E-state index contributed by atoms with van der Waals surface area (Å²) < 4.78 is 10.5. The Morgan fingerprint density at radius 3 is 2.21 bits per heavy atom. The van der Waals surface area contributed by atoms with Gasteiger partial charge in [-0.05, 0) is 47.5 Å². The first-order chi connectivity index (χ1) is 14.1. The Labute approximate surface area is 171 Å². The molecule has 0 radical (unpaired) electrons. The van der Waals surface area contributed by atoms with Crippen LogP contribution in [-0.4, -0.2) is 27.2 Å². The van der Waals surface area contributed by atoms with E-state index in [2.05, 4.69) is 29.4 Å². The van der Waals surface area contributed by atoms with Gasteiger partial charge in [-0.25, -0.2) is 0 Å². The second kappa shape index (κ2) is 9.64. The third kappa shape index (κ3) is 5.51. The van der Waals surface area contributed by atoms with E-state index in [-0.39, 0.29) is 12.3 Å². The molecule has 0 unspecified atom stereocenters. The van der Waals surface area contributed by atoms with E-state index in [1.54, 1.807) is 20.3 Å². The minimum atomic E-state index is -0.0809. The van der Waals surface area contributed by atoms with Gasteiger partial charge in [-0.2, -0.15) is 0 Å². The predicted octanol–water partition coefficient (Wildman–Crippen LogP) is 4.52. The number of rotatable bonds is 8. The quantitative estimate of drug-likeness (QED) is 0.614. The Bertz CT molecular complexity index is 940. The van der Waals surface area contributed by atoms with Gasteiger partial charge in [0.2, 0.25) is 5.91 Å².